The van der Waals surface area contributed by atoms with Crippen LogP contribution in [-0.2, 0) is 4.79 Å². The zero-order valence-corrected chi connectivity index (χ0v) is 12.0. The van der Waals surface area contributed by atoms with E-state index in [4.69, 9.17) is 11.6 Å². The van der Waals surface area contributed by atoms with E-state index in [2.05, 4.69) is 18.7 Å². The van der Waals surface area contributed by atoms with Gasteiger partial charge >= 0.3 is 0 Å². The lowest BCUT2D eigenvalue weighted by Crippen LogP contribution is -2.56. The van der Waals surface area contributed by atoms with Crippen LogP contribution in [0.2, 0.25) is 0 Å². The Morgan fingerprint density at radius 1 is 1.33 bits per heavy atom. The van der Waals surface area contributed by atoms with Crippen molar-refractivity contribution in [3.8, 4) is 0 Å². The fraction of sp³-hybridized carbons (Fsp3) is 0.800. The first-order chi connectivity index (χ1) is 8.56. The molecular formula is C15H22ClNO. The van der Waals surface area contributed by atoms with E-state index in [1.165, 1.54) is 12.1 Å². The molecule has 100 valence electrons. The highest BCUT2D eigenvalue weighted by Gasteiger charge is 2.45. The van der Waals surface area contributed by atoms with Gasteiger partial charge < -0.3 is 4.90 Å². The summed E-state index contributed by atoms with van der Waals surface area (Å²) >= 11 is 6.35. The van der Waals surface area contributed by atoms with E-state index in [0.717, 1.165) is 25.7 Å². The van der Waals surface area contributed by atoms with Crippen LogP contribution in [0.15, 0.2) is 11.8 Å². The maximum Gasteiger partial charge on any atom is 0.159 e. The van der Waals surface area contributed by atoms with Gasteiger partial charge in [-0.25, -0.2) is 0 Å². The van der Waals surface area contributed by atoms with Gasteiger partial charge in [0.25, 0.3) is 0 Å². The Labute approximate surface area is 114 Å². The van der Waals surface area contributed by atoms with Gasteiger partial charge in [-0.1, -0.05) is 6.92 Å². The molecule has 2 fully saturated rings. The van der Waals surface area contributed by atoms with Gasteiger partial charge in [-0.05, 0) is 44.4 Å². The average molecular weight is 268 g/mol. The van der Waals surface area contributed by atoms with Gasteiger partial charge in [0.05, 0.1) is 0 Å². The minimum Gasteiger partial charge on any atom is -0.368 e. The second-order valence-corrected chi connectivity index (χ2v) is 6.99. The van der Waals surface area contributed by atoms with E-state index < -0.39 is 0 Å². The van der Waals surface area contributed by atoms with Crippen LogP contribution < -0.4 is 0 Å². The van der Waals surface area contributed by atoms with Gasteiger partial charge in [-0.2, -0.15) is 0 Å². The van der Waals surface area contributed by atoms with Gasteiger partial charge in [-0.15, -0.1) is 11.6 Å². The first-order valence-electron chi connectivity index (χ1n) is 7.20. The summed E-state index contributed by atoms with van der Waals surface area (Å²) in [6, 6.07) is 1.07. The van der Waals surface area contributed by atoms with E-state index in [-0.39, 0.29) is 0 Å². The summed E-state index contributed by atoms with van der Waals surface area (Å²) in [5.41, 5.74) is 1.19. The van der Waals surface area contributed by atoms with Crippen LogP contribution in [0.4, 0.5) is 0 Å². The highest BCUT2D eigenvalue weighted by atomic mass is 35.5. The molecule has 3 aliphatic rings. The number of carbonyl (C=O) groups excluding carboxylic acids is 1. The molecule has 5 atom stereocenters. The number of alkyl halides is 1. The molecule has 0 aromatic rings. The number of allylic oxidation sites excluding steroid dienone is 2. The number of fused-ring (bicyclic) bond motifs is 3. The van der Waals surface area contributed by atoms with Gasteiger partial charge in [0.2, 0.25) is 0 Å². The monoisotopic (exact) mass is 267 g/mol. The molecule has 1 saturated carbocycles. The van der Waals surface area contributed by atoms with E-state index in [1.54, 1.807) is 0 Å². The summed E-state index contributed by atoms with van der Waals surface area (Å²) < 4.78 is 0. The highest BCUT2D eigenvalue weighted by Crippen LogP contribution is 2.45. The lowest BCUT2D eigenvalue weighted by atomic mass is 9.69. The van der Waals surface area contributed by atoms with Crippen molar-refractivity contribution >= 4 is 17.4 Å². The summed E-state index contributed by atoms with van der Waals surface area (Å²) in [7, 11) is 0. The molecule has 0 bridgehead atoms. The normalized spacial score (nSPS) is 44.2. The first kappa shape index (κ1) is 12.5. The molecule has 2 aliphatic heterocycles. The van der Waals surface area contributed by atoms with Crippen LogP contribution in [0.5, 0.6) is 0 Å². The predicted molar refractivity (Wildman–Crippen MR) is 73.6 cm³/mol. The minimum absolute atomic E-state index is 0.311. The van der Waals surface area contributed by atoms with Crippen molar-refractivity contribution in [2.75, 3.05) is 0 Å². The van der Waals surface area contributed by atoms with Crippen molar-refractivity contribution < 1.29 is 4.79 Å². The Kier molecular flexibility index (Phi) is 3.17. The van der Waals surface area contributed by atoms with Crippen molar-refractivity contribution in [1.29, 1.82) is 0 Å². The van der Waals surface area contributed by atoms with Crippen LogP contribution in [0.25, 0.3) is 0 Å². The molecule has 0 spiro atoms. The molecule has 2 nitrogen and oxygen atoms in total. The minimum atomic E-state index is 0.311. The highest BCUT2D eigenvalue weighted by molar-refractivity contribution is 6.20. The van der Waals surface area contributed by atoms with Crippen LogP contribution in [0, 0.1) is 11.8 Å². The maximum absolute atomic E-state index is 11.7. The van der Waals surface area contributed by atoms with Crippen LogP contribution in [0.1, 0.15) is 46.0 Å². The quantitative estimate of drug-likeness (QED) is 0.628. The molecule has 1 saturated heterocycles. The number of halogens is 1. The molecule has 18 heavy (non-hydrogen) atoms. The van der Waals surface area contributed by atoms with Gasteiger partial charge in [0.1, 0.15) is 0 Å². The summed E-state index contributed by atoms with van der Waals surface area (Å²) in [6.07, 6.45) is 7.18. The smallest absolute Gasteiger partial charge is 0.159 e. The second-order valence-electron chi connectivity index (χ2n) is 6.37. The van der Waals surface area contributed by atoms with Gasteiger partial charge in [0, 0.05) is 35.7 Å². The molecule has 1 aliphatic carbocycles. The third-order valence-corrected chi connectivity index (χ3v) is 5.53. The third kappa shape index (κ3) is 1.99. The van der Waals surface area contributed by atoms with E-state index in [9.17, 15) is 4.79 Å². The fourth-order valence-electron chi connectivity index (χ4n) is 4.41. The number of carbonyl (C=O) groups is 1. The van der Waals surface area contributed by atoms with Gasteiger partial charge in [0.15, 0.2) is 5.78 Å². The van der Waals surface area contributed by atoms with E-state index >= 15 is 0 Å². The molecule has 0 N–H and O–H groups in total. The standard InChI is InChI=1S/C15H22ClNO/c1-9-5-12-8-13(18)6-10(2)17(12)15-4-3-11(16)7-14(9)15/h6,9,11-12,14-15H,3-5,7-8H2,1-2H3. The second kappa shape index (κ2) is 4.56. The fourth-order valence-corrected chi connectivity index (χ4v) is 4.74. The van der Waals surface area contributed by atoms with Crippen molar-refractivity contribution in [3.05, 3.63) is 11.8 Å². The zero-order chi connectivity index (χ0) is 12.9. The van der Waals surface area contributed by atoms with Crippen LogP contribution >= 0.6 is 11.6 Å². The number of piperidine rings is 1. The molecule has 0 radical (unpaired) electrons. The van der Waals surface area contributed by atoms with Crippen molar-refractivity contribution in [3.63, 3.8) is 0 Å². The molecule has 5 unspecified atom stereocenters. The average Bonchev–Trinajstić information content (AvgIpc) is 2.29. The SMILES string of the molecule is CC1=CC(=O)CC2CC(C)C3CC(Cl)CCC3N12. The lowest BCUT2D eigenvalue weighted by Gasteiger charge is -2.54. The van der Waals surface area contributed by atoms with Crippen LogP contribution in [-0.4, -0.2) is 28.1 Å². The zero-order valence-electron chi connectivity index (χ0n) is 11.2. The number of nitrogens with zero attached hydrogens (tertiary/aromatic N) is 1. The molecule has 0 aromatic carbocycles. The number of ketones is 1. The van der Waals surface area contributed by atoms with Crippen molar-refractivity contribution in [2.24, 2.45) is 11.8 Å². The maximum atomic E-state index is 11.7. The number of rotatable bonds is 0. The third-order valence-electron chi connectivity index (χ3n) is 5.14. The number of hydrogen-bond donors (Lipinski definition) is 0. The summed E-state index contributed by atoms with van der Waals surface area (Å²) in [6.45, 7) is 4.45. The number of hydrogen-bond acceptors (Lipinski definition) is 2. The van der Waals surface area contributed by atoms with E-state index in [0.29, 0.717) is 35.1 Å². The Morgan fingerprint density at radius 3 is 2.89 bits per heavy atom. The molecule has 2 heterocycles. The topological polar surface area (TPSA) is 20.3 Å². The van der Waals surface area contributed by atoms with Crippen molar-refractivity contribution in [2.45, 2.75) is 63.4 Å². The Bertz CT molecular complexity index is 392. The Morgan fingerprint density at radius 2 is 2.11 bits per heavy atom. The summed E-state index contributed by atoms with van der Waals surface area (Å²) in [5.74, 6) is 1.73. The molecule has 3 rings (SSSR count). The molecule has 0 amide bonds. The first-order valence-corrected chi connectivity index (χ1v) is 7.63. The summed E-state index contributed by atoms with van der Waals surface area (Å²) in [4.78, 5) is 14.3. The summed E-state index contributed by atoms with van der Waals surface area (Å²) in [5, 5.41) is 0.362. The Balaban J connectivity index is 1.90. The lowest BCUT2D eigenvalue weighted by molar-refractivity contribution is -0.118. The molecule has 0 aromatic heterocycles. The molecular weight excluding hydrogens is 246 g/mol. The van der Waals surface area contributed by atoms with E-state index in [1.807, 2.05) is 6.08 Å². The van der Waals surface area contributed by atoms with Gasteiger partial charge in [-0.3, -0.25) is 4.79 Å². The predicted octanol–water partition coefficient (Wildman–Crippen LogP) is 3.35. The Hall–Kier alpha value is -0.500. The molecule has 3 heteroatoms. The van der Waals surface area contributed by atoms with Crippen molar-refractivity contribution in [1.82, 2.24) is 4.90 Å². The van der Waals surface area contributed by atoms with Crippen LogP contribution in [0.3, 0.4) is 0 Å². The largest absolute Gasteiger partial charge is 0.368 e.